The quantitative estimate of drug-likeness (QED) is 0.542. The lowest BCUT2D eigenvalue weighted by Crippen LogP contribution is -2.29. The molecule has 1 aromatic heterocycles. The van der Waals surface area contributed by atoms with Crippen LogP contribution in [0.25, 0.3) is 0 Å². The Kier molecular flexibility index (Phi) is 4.47. The number of aromatic nitrogens is 1. The molecular formula is C23H17BrN4O2. The van der Waals surface area contributed by atoms with Crippen LogP contribution in [0.5, 0.6) is 0 Å². The normalized spacial score (nSPS) is 18.1. The van der Waals surface area contributed by atoms with Gasteiger partial charge in [-0.05, 0) is 47.5 Å². The molecule has 2 aromatic carbocycles. The Bertz CT molecular complexity index is 1150. The van der Waals surface area contributed by atoms with Crippen molar-refractivity contribution in [2.45, 2.75) is 12.5 Å². The van der Waals surface area contributed by atoms with E-state index in [1.165, 1.54) is 16.7 Å². The number of pyridine rings is 1. The number of fused-ring (bicyclic) bond motifs is 1. The van der Waals surface area contributed by atoms with Gasteiger partial charge in [0.05, 0.1) is 23.0 Å². The number of hydrazone groups is 1. The van der Waals surface area contributed by atoms with E-state index in [1.807, 2.05) is 36.3 Å². The van der Waals surface area contributed by atoms with Crippen molar-refractivity contribution in [1.82, 2.24) is 9.99 Å². The van der Waals surface area contributed by atoms with Crippen molar-refractivity contribution in [3.8, 4) is 0 Å². The molecule has 1 atom stereocenters. The number of hydrogen-bond donors (Lipinski definition) is 0. The fraction of sp³-hybridized carbons (Fsp3) is 0.130. The van der Waals surface area contributed by atoms with Crippen LogP contribution >= 0.6 is 15.9 Å². The summed E-state index contributed by atoms with van der Waals surface area (Å²) in [5, 5.41) is 6.68. The average Bonchev–Trinajstić information content (AvgIpc) is 3.27. The first-order valence-corrected chi connectivity index (χ1v) is 10.3. The highest BCUT2D eigenvalue weighted by molar-refractivity contribution is 9.10. The predicted molar refractivity (Wildman–Crippen MR) is 118 cm³/mol. The van der Waals surface area contributed by atoms with Gasteiger partial charge in [-0.1, -0.05) is 40.2 Å². The van der Waals surface area contributed by atoms with Gasteiger partial charge in [0, 0.05) is 24.1 Å². The lowest BCUT2D eigenvalue weighted by Gasteiger charge is -2.19. The summed E-state index contributed by atoms with van der Waals surface area (Å²) < 4.78 is 1.05. The summed E-state index contributed by atoms with van der Waals surface area (Å²) in [4.78, 5) is 30.5. The zero-order valence-corrected chi connectivity index (χ0v) is 17.7. The number of rotatable bonds is 3. The minimum absolute atomic E-state index is 0.176. The Morgan fingerprint density at radius 3 is 2.40 bits per heavy atom. The second-order valence-corrected chi connectivity index (χ2v) is 8.20. The molecule has 1 unspecified atom stereocenters. The van der Waals surface area contributed by atoms with Crippen LogP contribution in [0, 0.1) is 0 Å². The Labute approximate surface area is 182 Å². The first-order chi connectivity index (χ1) is 14.5. The van der Waals surface area contributed by atoms with Gasteiger partial charge in [0.2, 0.25) is 0 Å². The first-order valence-electron chi connectivity index (χ1n) is 9.53. The van der Waals surface area contributed by atoms with Crippen molar-refractivity contribution in [2.24, 2.45) is 5.10 Å². The molecule has 0 saturated heterocycles. The highest BCUT2D eigenvalue weighted by Gasteiger charge is 2.37. The van der Waals surface area contributed by atoms with Gasteiger partial charge in [-0.25, -0.2) is 4.90 Å². The predicted octanol–water partition coefficient (Wildman–Crippen LogP) is 4.43. The Balaban J connectivity index is 1.37. The van der Waals surface area contributed by atoms with Crippen LogP contribution in [0.2, 0.25) is 0 Å². The minimum Gasteiger partial charge on any atom is -0.292 e. The SMILES string of the molecule is CN1N=C(c2ccc(N3C(=O)c4cccnc4C3=O)cc2)CC1c1ccc(Br)cc1. The first kappa shape index (κ1) is 18.7. The molecule has 0 fully saturated rings. The molecule has 5 rings (SSSR count). The van der Waals surface area contributed by atoms with E-state index in [2.05, 4.69) is 33.0 Å². The number of halogens is 1. The molecule has 3 aromatic rings. The molecule has 7 heteroatoms. The standard InChI is InChI=1S/C23H17BrN4O2/c1-27-20(15-4-8-16(24)9-5-15)13-19(26-27)14-6-10-17(11-7-14)28-22(29)18-3-2-12-25-21(18)23(28)30/h2-12,20H,13H2,1H3. The number of nitrogens with zero attached hydrogens (tertiary/aromatic N) is 4. The van der Waals surface area contributed by atoms with E-state index in [1.54, 1.807) is 24.3 Å². The number of carbonyl (C=O) groups is 2. The summed E-state index contributed by atoms with van der Waals surface area (Å²) in [5.41, 5.74) is 4.22. The molecule has 2 aliphatic rings. The van der Waals surface area contributed by atoms with E-state index < -0.39 is 5.91 Å². The van der Waals surface area contributed by atoms with E-state index in [-0.39, 0.29) is 17.6 Å². The molecule has 0 N–H and O–H groups in total. The number of benzene rings is 2. The van der Waals surface area contributed by atoms with Crippen molar-refractivity contribution in [3.63, 3.8) is 0 Å². The molecule has 6 nitrogen and oxygen atoms in total. The molecular weight excluding hydrogens is 444 g/mol. The van der Waals surface area contributed by atoms with Crippen LogP contribution in [0.4, 0.5) is 5.69 Å². The molecule has 2 amide bonds. The van der Waals surface area contributed by atoms with Crippen molar-refractivity contribution < 1.29 is 9.59 Å². The Morgan fingerprint density at radius 1 is 0.967 bits per heavy atom. The summed E-state index contributed by atoms with van der Waals surface area (Å²) in [7, 11) is 1.97. The van der Waals surface area contributed by atoms with Crippen molar-refractivity contribution in [1.29, 1.82) is 0 Å². The van der Waals surface area contributed by atoms with Crippen molar-refractivity contribution in [3.05, 3.63) is 93.7 Å². The maximum atomic E-state index is 12.6. The van der Waals surface area contributed by atoms with Gasteiger partial charge >= 0.3 is 0 Å². The summed E-state index contributed by atoms with van der Waals surface area (Å²) in [6.07, 6.45) is 2.31. The molecule has 0 radical (unpaired) electrons. The van der Waals surface area contributed by atoms with Gasteiger partial charge in [-0.3, -0.25) is 19.6 Å². The highest BCUT2D eigenvalue weighted by atomic mass is 79.9. The van der Waals surface area contributed by atoms with Gasteiger partial charge < -0.3 is 0 Å². The van der Waals surface area contributed by atoms with Crippen LogP contribution in [0.1, 0.15) is 44.4 Å². The number of amides is 2. The van der Waals surface area contributed by atoms with Crippen molar-refractivity contribution in [2.75, 3.05) is 11.9 Å². The molecule has 0 bridgehead atoms. The molecule has 30 heavy (non-hydrogen) atoms. The summed E-state index contributed by atoms with van der Waals surface area (Å²) in [6.45, 7) is 0. The fourth-order valence-corrected chi connectivity index (χ4v) is 4.18. The zero-order chi connectivity index (χ0) is 20.8. The third kappa shape index (κ3) is 3.02. The van der Waals surface area contributed by atoms with Crippen LogP contribution in [-0.4, -0.2) is 34.6 Å². The average molecular weight is 461 g/mol. The van der Waals surface area contributed by atoms with Crippen LogP contribution in [0.15, 0.2) is 76.4 Å². The van der Waals surface area contributed by atoms with Gasteiger partial charge in [0.1, 0.15) is 5.69 Å². The van der Waals surface area contributed by atoms with Crippen LogP contribution in [0.3, 0.4) is 0 Å². The number of hydrogen-bond acceptors (Lipinski definition) is 5. The smallest absolute Gasteiger partial charge is 0.284 e. The van der Waals surface area contributed by atoms with Crippen LogP contribution in [-0.2, 0) is 0 Å². The van der Waals surface area contributed by atoms with E-state index in [4.69, 9.17) is 5.10 Å². The maximum absolute atomic E-state index is 12.6. The minimum atomic E-state index is -0.392. The van der Waals surface area contributed by atoms with E-state index >= 15 is 0 Å². The fourth-order valence-electron chi connectivity index (χ4n) is 3.91. The second kappa shape index (κ2) is 7.18. The topological polar surface area (TPSA) is 65.9 Å². The molecule has 0 spiro atoms. The molecule has 0 saturated carbocycles. The largest absolute Gasteiger partial charge is 0.292 e. The number of anilines is 1. The third-order valence-electron chi connectivity index (χ3n) is 5.48. The molecule has 3 heterocycles. The Morgan fingerprint density at radius 2 is 1.70 bits per heavy atom. The Hall–Kier alpha value is -3.32. The lowest BCUT2D eigenvalue weighted by molar-refractivity contribution is 0.0924. The number of imide groups is 1. The maximum Gasteiger partial charge on any atom is 0.284 e. The van der Waals surface area contributed by atoms with Gasteiger partial charge in [-0.2, -0.15) is 5.10 Å². The lowest BCUT2D eigenvalue weighted by atomic mass is 9.98. The zero-order valence-electron chi connectivity index (χ0n) is 16.1. The molecule has 2 aliphatic heterocycles. The van der Waals surface area contributed by atoms with E-state index in [9.17, 15) is 9.59 Å². The molecule has 148 valence electrons. The highest BCUT2D eigenvalue weighted by Crippen LogP contribution is 2.33. The van der Waals surface area contributed by atoms with Gasteiger partial charge in [-0.15, -0.1) is 0 Å². The van der Waals surface area contributed by atoms with Gasteiger partial charge in [0.25, 0.3) is 11.8 Å². The molecule has 0 aliphatic carbocycles. The second-order valence-electron chi connectivity index (χ2n) is 7.28. The van der Waals surface area contributed by atoms with E-state index in [0.29, 0.717) is 11.3 Å². The summed E-state index contributed by atoms with van der Waals surface area (Å²) >= 11 is 3.47. The van der Waals surface area contributed by atoms with Crippen molar-refractivity contribution >= 4 is 39.1 Å². The third-order valence-corrected chi connectivity index (χ3v) is 6.01. The number of carbonyl (C=O) groups excluding carboxylic acids is 2. The summed E-state index contributed by atoms with van der Waals surface area (Å²) in [5.74, 6) is -0.735. The van der Waals surface area contributed by atoms with E-state index in [0.717, 1.165) is 22.2 Å². The summed E-state index contributed by atoms with van der Waals surface area (Å²) in [6, 6.07) is 19.1. The van der Waals surface area contributed by atoms with Crippen LogP contribution < -0.4 is 4.90 Å². The van der Waals surface area contributed by atoms with Gasteiger partial charge in [0.15, 0.2) is 0 Å². The monoisotopic (exact) mass is 460 g/mol.